The predicted molar refractivity (Wildman–Crippen MR) is 71.8 cm³/mol. The van der Waals surface area contributed by atoms with Gasteiger partial charge in [0, 0.05) is 0 Å². The summed E-state index contributed by atoms with van der Waals surface area (Å²) in [5, 5.41) is 0. The largest absolute Gasteiger partial charge is 1.00 e. The van der Waals surface area contributed by atoms with Crippen LogP contribution in [0.3, 0.4) is 0 Å². The quantitative estimate of drug-likeness (QED) is 0.568. The van der Waals surface area contributed by atoms with Gasteiger partial charge in [-0.1, -0.05) is 0 Å². The van der Waals surface area contributed by atoms with Gasteiger partial charge in [-0.05, 0) is 0 Å². The Morgan fingerprint density at radius 3 is 2.68 bits per heavy atom. The van der Waals surface area contributed by atoms with Crippen molar-refractivity contribution in [1.82, 2.24) is 0 Å². The van der Waals surface area contributed by atoms with Crippen molar-refractivity contribution in [2.24, 2.45) is 0 Å². The average molecular weight is 370 g/mol. The Labute approximate surface area is 135 Å². The summed E-state index contributed by atoms with van der Waals surface area (Å²) in [5.74, 6) is 0. The van der Waals surface area contributed by atoms with Gasteiger partial charge in [-0.3, -0.25) is 0 Å². The van der Waals surface area contributed by atoms with Crippen molar-refractivity contribution in [3.8, 4) is 0 Å². The fraction of sp³-hybridized carbons (Fsp3) is 0.188. The molecule has 0 aliphatic heterocycles. The van der Waals surface area contributed by atoms with Crippen LogP contribution in [-0.2, 0) is 21.3 Å². The van der Waals surface area contributed by atoms with E-state index in [1.54, 1.807) is 8.84 Å². The SMILES string of the molecule is C[CH]=[Zr+2]([C]1=CC=CC1)[CH]1C=Cc2ccccc21.[Cl-].[Cl-]. The van der Waals surface area contributed by atoms with E-state index < -0.39 is 21.3 Å². The first-order chi connectivity index (χ1) is 8.40. The summed E-state index contributed by atoms with van der Waals surface area (Å²) in [5.41, 5.74) is 3.00. The molecule has 0 amide bonds. The summed E-state index contributed by atoms with van der Waals surface area (Å²) >= 11 is -1.60. The Kier molecular flexibility index (Phi) is 6.67. The molecule has 1 unspecified atom stereocenters. The summed E-state index contributed by atoms with van der Waals surface area (Å²) in [6.45, 7) is 2.27. The Hall–Kier alpha value is -0.227. The first-order valence-corrected chi connectivity index (χ1v) is 10.3. The van der Waals surface area contributed by atoms with Crippen LogP contribution in [0, 0.1) is 0 Å². The van der Waals surface area contributed by atoms with Crippen LogP contribution in [0.1, 0.15) is 28.1 Å². The van der Waals surface area contributed by atoms with E-state index in [0.29, 0.717) is 0 Å². The number of halogens is 2. The second-order valence-corrected chi connectivity index (χ2v) is 11.3. The van der Waals surface area contributed by atoms with Gasteiger partial charge < -0.3 is 24.8 Å². The number of benzene rings is 1. The molecule has 3 heteroatoms. The molecule has 19 heavy (non-hydrogen) atoms. The van der Waals surface area contributed by atoms with E-state index in [4.69, 9.17) is 0 Å². The molecule has 0 N–H and O–H groups in total. The zero-order valence-corrected chi connectivity index (χ0v) is 14.8. The third kappa shape index (κ3) is 3.27. The van der Waals surface area contributed by atoms with Gasteiger partial charge in [0.25, 0.3) is 0 Å². The molecular weight excluding hydrogens is 354 g/mol. The van der Waals surface area contributed by atoms with E-state index in [2.05, 4.69) is 65.3 Å². The minimum atomic E-state index is -1.60. The van der Waals surface area contributed by atoms with Gasteiger partial charge in [-0.2, -0.15) is 0 Å². The van der Waals surface area contributed by atoms with Crippen molar-refractivity contribution in [2.45, 2.75) is 17.0 Å². The summed E-state index contributed by atoms with van der Waals surface area (Å²) in [4.78, 5) is 0. The van der Waals surface area contributed by atoms with Crippen molar-refractivity contribution in [3.63, 3.8) is 0 Å². The van der Waals surface area contributed by atoms with Crippen molar-refractivity contribution in [2.75, 3.05) is 0 Å². The van der Waals surface area contributed by atoms with Gasteiger partial charge in [0.15, 0.2) is 0 Å². The van der Waals surface area contributed by atoms with Gasteiger partial charge >= 0.3 is 111 Å². The second-order valence-electron chi connectivity index (χ2n) is 4.53. The van der Waals surface area contributed by atoms with Crippen molar-refractivity contribution >= 4 is 9.78 Å². The molecule has 1 aromatic carbocycles. The third-order valence-electron chi connectivity index (χ3n) is 3.59. The van der Waals surface area contributed by atoms with E-state index in [1.807, 2.05) is 0 Å². The molecule has 0 spiro atoms. The second kappa shape index (κ2) is 7.53. The van der Waals surface area contributed by atoms with Crippen LogP contribution in [0.2, 0.25) is 0 Å². The molecule has 1 atom stereocenters. The van der Waals surface area contributed by atoms with Crippen LogP contribution in [0.4, 0.5) is 0 Å². The molecule has 3 rings (SSSR count). The molecule has 0 fully saturated rings. The minimum Gasteiger partial charge on any atom is -1.00 e. The normalized spacial score (nSPS) is 18.6. The Morgan fingerprint density at radius 2 is 2.00 bits per heavy atom. The Balaban J connectivity index is 0.000000902. The van der Waals surface area contributed by atoms with E-state index in [0.717, 1.165) is 3.63 Å². The molecule has 0 saturated carbocycles. The summed E-state index contributed by atoms with van der Waals surface area (Å²) in [6, 6.07) is 8.87. The number of allylic oxidation sites excluding steroid dienone is 5. The zero-order chi connectivity index (χ0) is 11.7. The first kappa shape index (κ1) is 16.8. The van der Waals surface area contributed by atoms with Gasteiger partial charge in [0.1, 0.15) is 0 Å². The molecule has 2 aliphatic carbocycles. The van der Waals surface area contributed by atoms with Crippen LogP contribution >= 0.6 is 0 Å². The van der Waals surface area contributed by atoms with Crippen molar-refractivity contribution in [3.05, 3.63) is 63.0 Å². The van der Waals surface area contributed by atoms with E-state index >= 15 is 0 Å². The predicted octanol–water partition coefficient (Wildman–Crippen LogP) is -1.95. The molecule has 1 aromatic rings. The van der Waals surface area contributed by atoms with Crippen LogP contribution in [0.5, 0.6) is 0 Å². The monoisotopic (exact) mass is 368 g/mol. The molecule has 0 bridgehead atoms. The molecule has 0 aromatic heterocycles. The topological polar surface area (TPSA) is 0 Å². The zero-order valence-electron chi connectivity index (χ0n) is 10.8. The van der Waals surface area contributed by atoms with E-state index in [1.165, 1.54) is 12.0 Å². The van der Waals surface area contributed by atoms with Gasteiger partial charge in [0.05, 0.1) is 0 Å². The summed E-state index contributed by atoms with van der Waals surface area (Å²) in [7, 11) is 0. The van der Waals surface area contributed by atoms with E-state index in [-0.39, 0.29) is 24.8 Å². The van der Waals surface area contributed by atoms with Gasteiger partial charge in [-0.15, -0.1) is 0 Å². The summed E-state index contributed by atoms with van der Waals surface area (Å²) in [6.07, 6.45) is 12.8. The Bertz CT molecular complexity index is 568. The first-order valence-electron chi connectivity index (χ1n) is 6.19. The molecule has 0 saturated heterocycles. The fourth-order valence-corrected chi connectivity index (χ4v) is 9.32. The smallest absolute Gasteiger partial charge is 1.00 e. The van der Waals surface area contributed by atoms with Crippen molar-refractivity contribution < 1.29 is 46.1 Å². The molecule has 0 heterocycles. The number of hydrogen-bond donors (Lipinski definition) is 0. The van der Waals surface area contributed by atoms with Crippen LogP contribution in [0.15, 0.2) is 51.9 Å². The van der Waals surface area contributed by atoms with E-state index in [9.17, 15) is 0 Å². The van der Waals surface area contributed by atoms with Crippen LogP contribution < -0.4 is 24.8 Å². The number of hydrogen-bond acceptors (Lipinski definition) is 0. The van der Waals surface area contributed by atoms with Crippen LogP contribution in [0.25, 0.3) is 6.08 Å². The van der Waals surface area contributed by atoms with Gasteiger partial charge in [0.2, 0.25) is 0 Å². The maximum Gasteiger partial charge on any atom is -1.00 e. The maximum atomic E-state index is 2.54. The molecule has 98 valence electrons. The van der Waals surface area contributed by atoms with Crippen LogP contribution in [-0.4, -0.2) is 3.71 Å². The third-order valence-corrected chi connectivity index (χ3v) is 10.7. The minimum absolute atomic E-state index is 0. The maximum absolute atomic E-state index is 2.54. The molecule has 0 radical (unpaired) electrons. The van der Waals surface area contributed by atoms with Gasteiger partial charge in [-0.25, -0.2) is 0 Å². The molecule has 2 aliphatic rings. The average Bonchev–Trinajstić information content (AvgIpc) is 3.01. The standard InChI is InChI=1S/C9H7.C5H5.C2H4.2ClH.Zr/c1-2-5-9-7-3-6-8(9)4-1;1-2-4-5-3-1;1-2;;;/h1-7H;1-3H,4H2;1H,2H3;2*1H;/q;;;;;+2/p-2. The molecular formula is C16H16Cl2Zr. The fourth-order valence-electron chi connectivity index (χ4n) is 2.75. The summed E-state index contributed by atoms with van der Waals surface area (Å²) < 4.78 is 5.00. The Morgan fingerprint density at radius 1 is 1.21 bits per heavy atom. The van der Waals surface area contributed by atoms with Crippen molar-refractivity contribution in [1.29, 1.82) is 0 Å². The molecule has 0 nitrogen and oxygen atoms in total. The number of fused-ring (bicyclic) bond motifs is 1. The number of rotatable bonds is 2.